The Kier molecular flexibility index (Phi) is 63.1. The summed E-state index contributed by atoms with van der Waals surface area (Å²) in [5.41, 5.74) is 0. The van der Waals surface area contributed by atoms with Crippen LogP contribution in [0.15, 0.2) is 0 Å². The van der Waals surface area contributed by atoms with Crippen LogP contribution in [0.3, 0.4) is 0 Å². The first kappa shape index (κ1) is 22.4. The van der Waals surface area contributed by atoms with Crippen molar-refractivity contribution in [2.45, 2.75) is 0 Å². The van der Waals surface area contributed by atoms with Crippen molar-refractivity contribution >= 4 is 91.1 Å². The molecule has 0 atom stereocenters. The fraction of sp³-hybridized carbons (Fsp3) is 0. The van der Waals surface area contributed by atoms with Gasteiger partial charge >= 0.3 is 127 Å². The Balaban J connectivity index is -0.00000000625. The fourth-order valence-corrected chi connectivity index (χ4v) is 0. The summed E-state index contributed by atoms with van der Waals surface area (Å²) in [5.74, 6) is 0. The van der Waals surface area contributed by atoms with Gasteiger partial charge in [0.15, 0.2) is 0 Å². The van der Waals surface area contributed by atoms with E-state index in [2.05, 4.69) is 0 Å². The van der Waals surface area contributed by atoms with E-state index in [1.807, 2.05) is 0 Å². The zero-order chi connectivity index (χ0) is 5.58. The maximum atomic E-state index is 8.58. The van der Waals surface area contributed by atoms with Crippen molar-refractivity contribution in [2.24, 2.45) is 0 Å². The standard InChI is InChI=1S/Ba.GeO3.O.Pb.Ta.2H/c;2-1(3)4;;;;;/q+2;-2;;+2;;2*-1. The average molecular weight is 664 g/mol. The second-order valence-electron chi connectivity index (χ2n) is 0.250. The van der Waals surface area contributed by atoms with Crippen LogP contribution in [0.1, 0.15) is 2.85 Å². The van der Waals surface area contributed by atoms with Gasteiger partial charge in [-0.2, -0.15) is 0 Å². The van der Waals surface area contributed by atoms with E-state index in [-0.39, 0.29) is 100 Å². The summed E-state index contributed by atoms with van der Waals surface area (Å²) in [7, 11) is 0. The maximum absolute atomic E-state index is 8.58. The van der Waals surface area contributed by atoms with Gasteiger partial charge in [0.1, 0.15) is 0 Å². The summed E-state index contributed by atoms with van der Waals surface area (Å²) in [6.45, 7) is 0. The average Bonchev–Trinajstić information content (AvgIpc) is 1.41. The summed E-state index contributed by atoms with van der Waals surface area (Å²) < 4.78 is 34.1. The van der Waals surface area contributed by atoms with Gasteiger partial charge in [0, 0.05) is 0 Å². The van der Waals surface area contributed by atoms with Gasteiger partial charge in [-0.3, -0.25) is 0 Å². The Bertz CT molecular complexity index is 54.5. The molecule has 0 aliphatic heterocycles. The van der Waals surface area contributed by atoms with Crippen LogP contribution >= 0.6 is 0 Å². The number of rotatable bonds is 0. The van der Waals surface area contributed by atoms with Crippen LogP contribution < -0.4 is 8.27 Å². The SMILES string of the molecule is [Ba+2].[H-].[H-].[O]=[Ge]([O-])[O-].[O]=[Ta].[Pb+2]. The Hall–Kier alpha value is 2.98. The van der Waals surface area contributed by atoms with Crippen molar-refractivity contribution < 1.29 is 39.2 Å². The molecule has 0 aliphatic rings. The molecule has 0 saturated carbocycles. The van der Waals surface area contributed by atoms with Crippen LogP contribution in [0.5, 0.6) is 0 Å². The molecule has 4 nitrogen and oxygen atoms in total. The minimum absolute atomic E-state index is 0. The minimum atomic E-state index is -4.08. The molecule has 0 spiro atoms. The van der Waals surface area contributed by atoms with Crippen LogP contribution in [-0.4, -0.2) is 91.1 Å². The van der Waals surface area contributed by atoms with E-state index in [4.69, 9.17) is 15.3 Å². The molecule has 0 bridgehead atoms. The van der Waals surface area contributed by atoms with Gasteiger partial charge < -0.3 is 2.85 Å². The molecule has 0 rings (SSSR count). The third kappa shape index (κ3) is 64.5. The van der Waals surface area contributed by atoms with Crippen molar-refractivity contribution in [2.75, 3.05) is 0 Å². The molecule has 0 saturated heterocycles. The second-order valence-corrected chi connectivity index (χ2v) is 1.30. The van der Waals surface area contributed by atoms with E-state index in [9.17, 15) is 0 Å². The monoisotopic (exact) mass is 667 g/mol. The van der Waals surface area contributed by atoms with Gasteiger partial charge in [0.25, 0.3) is 0 Å². The molecule has 2 radical (unpaired) electrons. The van der Waals surface area contributed by atoms with Crippen molar-refractivity contribution in [1.82, 2.24) is 0 Å². The largest absolute Gasteiger partial charge is 2.00 e. The van der Waals surface area contributed by atoms with Crippen molar-refractivity contribution in [1.29, 1.82) is 0 Å². The first-order chi connectivity index (χ1) is 2.73. The van der Waals surface area contributed by atoms with E-state index in [1.165, 1.54) is 0 Å². The van der Waals surface area contributed by atoms with Crippen molar-refractivity contribution in [3.8, 4) is 0 Å². The first-order valence-electron chi connectivity index (χ1n) is 0.795. The van der Waals surface area contributed by atoms with E-state index in [0.29, 0.717) is 0 Å². The smallest absolute Gasteiger partial charge is 2.00 e. The third-order valence-corrected chi connectivity index (χ3v) is 0. The van der Waals surface area contributed by atoms with Gasteiger partial charge in [0.2, 0.25) is 0 Å². The maximum Gasteiger partial charge on any atom is 2.00 e. The zero-order valence-electron chi connectivity index (χ0n) is 5.79. The first-order valence-corrected chi connectivity index (χ1v) is 4.68. The summed E-state index contributed by atoms with van der Waals surface area (Å²) in [5, 5.41) is 0. The van der Waals surface area contributed by atoms with E-state index >= 15 is 0 Å². The van der Waals surface area contributed by atoms with Gasteiger partial charge in [-0.25, -0.2) is 0 Å². The molecule has 0 aromatic heterocycles. The summed E-state index contributed by atoms with van der Waals surface area (Å²) in [6.07, 6.45) is 0. The predicted octanol–water partition coefficient (Wildman–Crippen LogP) is -3.54. The Morgan fingerprint density at radius 3 is 1.38 bits per heavy atom. The van der Waals surface area contributed by atoms with E-state index in [0.717, 1.165) is 0 Å². The number of hydrogen-bond acceptors (Lipinski definition) is 4. The van der Waals surface area contributed by atoms with Crippen molar-refractivity contribution in [3.63, 3.8) is 0 Å². The van der Waals surface area contributed by atoms with E-state index in [1.54, 1.807) is 0 Å². The van der Waals surface area contributed by atoms with Crippen LogP contribution in [0.4, 0.5) is 0 Å². The molecule has 41 valence electrons. The van der Waals surface area contributed by atoms with Crippen LogP contribution in [0.25, 0.3) is 0 Å². The molecule has 0 aromatic carbocycles. The van der Waals surface area contributed by atoms with Gasteiger partial charge in [-0.1, -0.05) is 0 Å². The summed E-state index contributed by atoms with van der Waals surface area (Å²) in [6, 6.07) is 0. The topological polar surface area (TPSA) is 80.3 Å². The normalized spacial score (nSPS) is 3.38. The molecule has 0 amide bonds. The minimum Gasteiger partial charge on any atom is 2.00 e. The van der Waals surface area contributed by atoms with Gasteiger partial charge in [-0.15, -0.1) is 0 Å². The Morgan fingerprint density at radius 1 is 1.38 bits per heavy atom. The van der Waals surface area contributed by atoms with Gasteiger partial charge in [0.05, 0.1) is 0 Å². The summed E-state index contributed by atoms with van der Waals surface area (Å²) >= 11 is -3.89. The van der Waals surface area contributed by atoms with Crippen LogP contribution in [-0.2, 0) is 28.1 Å². The molecule has 0 aliphatic carbocycles. The zero-order valence-corrected chi connectivity index (χ0v) is 17.4. The molecular weight excluding hydrogens is 662 g/mol. The van der Waals surface area contributed by atoms with Gasteiger partial charge in [-0.05, 0) is 0 Å². The molecular formula is H2BaGeO4PbTa. The Morgan fingerprint density at radius 2 is 1.38 bits per heavy atom. The quantitative estimate of drug-likeness (QED) is 0.252. The fourth-order valence-electron chi connectivity index (χ4n) is 0. The molecule has 0 aromatic rings. The molecule has 0 unspecified atom stereocenters. The molecule has 0 heterocycles. The molecule has 8 heteroatoms. The van der Waals surface area contributed by atoms with Crippen LogP contribution in [0.2, 0.25) is 0 Å². The molecule has 0 fully saturated rings. The second kappa shape index (κ2) is 22.5. The van der Waals surface area contributed by atoms with Crippen LogP contribution in [0, 0.1) is 0 Å². The Labute approximate surface area is 127 Å². The molecule has 0 N–H and O–H groups in total. The number of hydrogen-bond donors (Lipinski definition) is 0. The summed E-state index contributed by atoms with van der Waals surface area (Å²) in [4.78, 5) is 0. The third-order valence-electron chi connectivity index (χ3n) is 0. The predicted molar refractivity (Wildman–Crippen MR) is 20.9 cm³/mol. The van der Waals surface area contributed by atoms with Crippen molar-refractivity contribution in [3.05, 3.63) is 0 Å². The van der Waals surface area contributed by atoms with E-state index < -0.39 is 15.0 Å². The molecule has 8 heavy (non-hydrogen) atoms.